The summed E-state index contributed by atoms with van der Waals surface area (Å²) < 4.78 is 8.14. The van der Waals surface area contributed by atoms with Gasteiger partial charge in [-0.15, -0.1) is 0 Å². The average Bonchev–Trinajstić information content (AvgIpc) is 1.65. The molecular formula is C98H58N8O2. The molecular weight excluding hydrogens is 1320 g/mol. The molecule has 6 heterocycles. The first kappa shape index (κ1) is 60.8. The molecule has 0 aliphatic rings. The summed E-state index contributed by atoms with van der Waals surface area (Å²) in [5.41, 5.74) is 17.4. The van der Waals surface area contributed by atoms with E-state index in [1.807, 2.05) is 124 Å². The lowest BCUT2D eigenvalue weighted by Gasteiger charge is -2.18. The van der Waals surface area contributed by atoms with Gasteiger partial charge < -0.3 is 0 Å². The van der Waals surface area contributed by atoms with Crippen molar-refractivity contribution in [3.63, 3.8) is 0 Å². The van der Waals surface area contributed by atoms with Gasteiger partial charge in [-0.3, -0.25) is 27.9 Å². The predicted octanol–water partition coefficient (Wildman–Crippen LogP) is 23.3. The number of fused-ring (bicyclic) bond motifs is 20. The van der Waals surface area contributed by atoms with Crippen LogP contribution < -0.4 is 11.1 Å². The summed E-state index contributed by atoms with van der Waals surface area (Å²) in [6, 6.07) is 121. The Labute approximate surface area is 616 Å². The van der Waals surface area contributed by atoms with E-state index in [0.717, 1.165) is 187 Å². The Kier molecular flexibility index (Phi) is 13.5. The van der Waals surface area contributed by atoms with Gasteiger partial charge in [0.1, 0.15) is 0 Å². The minimum Gasteiger partial charge on any atom is -0.277 e. The van der Waals surface area contributed by atoms with E-state index in [1.54, 1.807) is 0 Å². The molecule has 502 valence electrons. The summed E-state index contributed by atoms with van der Waals surface area (Å²) in [6.07, 6.45) is 0. The van der Waals surface area contributed by atoms with Gasteiger partial charge in [0.15, 0.2) is 0 Å². The molecule has 0 aliphatic heterocycles. The topological polar surface area (TPSA) is 105 Å². The first-order chi connectivity index (χ1) is 53.4. The van der Waals surface area contributed by atoms with Gasteiger partial charge in [-0.05, 0) is 122 Å². The lowest BCUT2D eigenvalue weighted by Crippen LogP contribution is -2.19. The summed E-state index contributed by atoms with van der Waals surface area (Å²) in [7, 11) is 0. The number of rotatable bonds is 9. The zero-order valence-electron chi connectivity index (χ0n) is 57.9. The van der Waals surface area contributed by atoms with E-state index in [2.05, 4.69) is 246 Å². The van der Waals surface area contributed by atoms with Crippen molar-refractivity contribution < 1.29 is 0 Å². The van der Waals surface area contributed by atoms with E-state index in [-0.39, 0.29) is 11.1 Å². The highest BCUT2D eigenvalue weighted by atomic mass is 16.1. The molecule has 22 aromatic rings. The van der Waals surface area contributed by atoms with Crippen molar-refractivity contribution in [2.75, 3.05) is 0 Å². The highest BCUT2D eigenvalue weighted by molar-refractivity contribution is 6.36. The Morgan fingerprint density at radius 3 is 1.37 bits per heavy atom. The number of hydrogen-bond acceptors (Lipinski definition) is 6. The van der Waals surface area contributed by atoms with Gasteiger partial charge in [0.05, 0.1) is 60.9 Å². The third kappa shape index (κ3) is 9.27. The van der Waals surface area contributed by atoms with Gasteiger partial charge in [-0.2, -0.15) is 0 Å². The average molecular weight is 1380 g/mol. The van der Waals surface area contributed by atoms with Gasteiger partial charge in [-0.1, -0.05) is 279 Å². The molecule has 108 heavy (non-hydrogen) atoms. The number of aromatic nitrogens is 8. The smallest absolute Gasteiger partial charge is 0.264 e. The number of hydrogen-bond donors (Lipinski definition) is 0. The number of nitrogens with zero attached hydrogens (tertiary/aromatic N) is 8. The van der Waals surface area contributed by atoms with E-state index in [0.29, 0.717) is 22.7 Å². The van der Waals surface area contributed by atoms with E-state index in [9.17, 15) is 0 Å². The van der Waals surface area contributed by atoms with Crippen LogP contribution in [0.15, 0.2) is 361 Å². The van der Waals surface area contributed by atoms with Crippen molar-refractivity contribution in [1.82, 2.24) is 38.2 Å². The third-order valence-electron chi connectivity index (χ3n) is 22.0. The molecule has 0 radical (unpaired) electrons. The summed E-state index contributed by atoms with van der Waals surface area (Å²) in [5.74, 6) is 0.987. The first-order valence-corrected chi connectivity index (χ1v) is 36.3. The minimum atomic E-state index is -0.157. The molecule has 0 spiro atoms. The van der Waals surface area contributed by atoms with Crippen LogP contribution in [-0.4, -0.2) is 38.2 Å². The van der Waals surface area contributed by atoms with Crippen molar-refractivity contribution in [1.29, 1.82) is 0 Å². The van der Waals surface area contributed by atoms with Crippen LogP contribution in [0.3, 0.4) is 0 Å². The Morgan fingerprint density at radius 1 is 0.204 bits per heavy atom. The van der Waals surface area contributed by atoms with Crippen molar-refractivity contribution >= 4 is 130 Å². The number of para-hydroxylation sites is 4. The van der Waals surface area contributed by atoms with E-state index < -0.39 is 0 Å². The lowest BCUT2D eigenvalue weighted by molar-refractivity contribution is 1.01. The molecule has 16 aromatic carbocycles. The molecule has 0 fully saturated rings. The van der Waals surface area contributed by atoms with Gasteiger partial charge in [0.2, 0.25) is 11.9 Å². The molecule has 0 N–H and O–H groups in total. The molecule has 6 aromatic heterocycles. The molecule has 10 heteroatoms. The van der Waals surface area contributed by atoms with Crippen molar-refractivity contribution in [3.05, 3.63) is 373 Å². The van der Waals surface area contributed by atoms with Crippen LogP contribution in [0.25, 0.3) is 209 Å². The maximum absolute atomic E-state index is 16.2. The van der Waals surface area contributed by atoms with Crippen LogP contribution in [-0.2, 0) is 0 Å². The van der Waals surface area contributed by atoms with Crippen molar-refractivity contribution in [3.8, 4) is 79.2 Å². The Balaban J connectivity index is 0.740. The van der Waals surface area contributed by atoms with E-state index >= 15 is 9.59 Å². The van der Waals surface area contributed by atoms with Crippen molar-refractivity contribution in [2.24, 2.45) is 0 Å². The summed E-state index contributed by atoms with van der Waals surface area (Å²) >= 11 is 0. The van der Waals surface area contributed by atoms with Crippen molar-refractivity contribution in [2.45, 2.75) is 0 Å². The molecule has 10 nitrogen and oxygen atoms in total. The third-order valence-corrected chi connectivity index (χ3v) is 22.0. The zero-order chi connectivity index (χ0) is 71.2. The Hall–Kier alpha value is -14.7. The monoisotopic (exact) mass is 1380 g/mol. The first-order valence-electron chi connectivity index (χ1n) is 36.3. The second-order valence-electron chi connectivity index (χ2n) is 27.9. The molecule has 0 aliphatic carbocycles. The second kappa shape index (κ2) is 23.9. The predicted molar refractivity (Wildman–Crippen MR) is 445 cm³/mol. The lowest BCUT2D eigenvalue weighted by atomic mass is 9.94. The van der Waals surface area contributed by atoms with Crippen LogP contribution in [0.5, 0.6) is 0 Å². The van der Waals surface area contributed by atoms with E-state index in [1.165, 1.54) is 0 Å². The van der Waals surface area contributed by atoms with Crippen LogP contribution >= 0.6 is 0 Å². The van der Waals surface area contributed by atoms with Gasteiger partial charge in [0.25, 0.3) is 11.1 Å². The van der Waals surface area contributed by atoms with Crippen LogP contribution in [0.2, 0.25) is 0 Å². The zero-order valence-corrected chi connectivity index (χ0v) is 57.9. The molecule has 0 saturated carbocycles. The number of benzene rings is 16. The minimum absolute atomic E-state index is 0.121. The van der Waals surface area contributed by atoms with Gasteiger partial charge in [-0.25, -0.2) is 19.9 Å². The molecule has 0 amide bonds. The number of pyridine rings is 2. The maximum atomic E-state index is 16.2. The summed E-state index contributed by atoms with van der Waals surface area (Å²) in [4.78, 5) is 54.6. The fraction of sp³-hybridized carbons (Fsp3) is 0. The molecule has 0 saturated heterocycles. The standard InChI is InChI=1S/C98H58N8O2/c107-95-80-55-66(49-51-71(80)78-57-79-74-52-48-62-28-13-14-35-70(62)93(74)106(87(79)58-86(78)103(95)68-32-11-4-12-33-68)98-99-82-41-20-17-38-75(82)91(101-98)64-46-44-61(45-47-64)59-24-5-1-6-25-59)67-50-53-83-81(56-67)92(63-29-9-3-10-30-63)102-97(100-83)105-85-43-22-19-40-77(85)89-90-88(72-36-15-16-37-73(72)94(89)105)76-39-18-21-42-84(76)104(96(90)108)69-34-23-31-65(54-69)60-26-7-2-8-27-60/h1-58H. The second-order valence-corrected chi connectivity index (χ2v) is 27.9. The fourth-order valence-electron chi connectivity index (χ4n) is 17.1. The largest absolute Gasteiger partial charge is 0.277 e. The van der Waals surface area contributed by atoms with Gasteiger partial charge >= 0.3 is 0 Å². The maximum Gasteiger partial charge on any atom is 0.264 e. The highest BCUT2D eigenvalue weighted by Crippen LogP contribution is 2.46. The van der Waals surface area contributed by atoms with Crippen LogP contribution in [0.1, 0.15) is 0 Å². The van der Waals surface area contributed by atoms with Gasteiger partial charge in [0, 0.05) is 87.1 Å². The quantitative estimate of drug-likeness (QED) is 0.133. The van der Waals surface area contributed by atoms with E-state index in [4.69, 9.17) is 19.9 Å². The Bertz CT molecular complexity index is 7700. The van der Waals surface area contributed by atoms with Crippen LogP contribution in [0, 0.1) is 0 Å². The van der Waals surface area contributed by atoms with Crippen LogP contribution in [0.4, 0.5) is 0 Å². The summed E-state index contributed by atoms with van der Waals surface area (Å²) in [6.45, 7) is 0. The Morgan fingerprint density at radius 2 is 0.648 bits per heavy atom. The molecule has 0 atom stereocenters. The normalized spacial score (nSPS) is 12.0. The summed E-state index contributed by atoms with van der Waals surface area (Å²) in [5, 5.41) is 14.4. The SMILES string of the molecule is O=c1c2cc(-c3ccc4nc(-n5c6ccccc6c6c7c(=O)n(-c8cccc(-c9ccccc9)c8)c8ccccc8c7c7ccccc7c65)nc(-c5ccccc5)c4c3)ccc2c2cc3c4ccc5ccccc5c4n(-c4nc(-c5ccc(-c6ccccc6)cc5)c5ccccc5n4)c3cc2n1-c1ccccc1. The fourth-order valence-corrected chi connectivity index (χ4v) is 17.1. The molecule has 0 unspecified atom stereocenters. The molecule has 22 rings (SSSR count). The highest BCUT2D eigenvalue weighted by Gasteiger charge is 2.28. The molecule has 0 bridgehead atoms.